The van der Waals surface area contributed by atoms with Crippen LogP contribution >= 0.6 is 10.8 Å². The highest BCUT2D eigenvalue weighted by molar-refractivity contribution is 8.69. The van der Waals surface area contributed by atoms with Crippen LogP contribution in [0.15, 0.2) is 0 Å². The molecule has 0 aromatic rings. The molecule has 0 bridgehead atoms. The average molecular weight is 122 g/mol. The molecule has 0 aromatic carbocycles. The van der Waals surface area contributed by atoms with Gasteiger partial charge in [0.05, 0.1) is 0 Å². The quantitative estimate of drug-likeness (QED) is 0.279. The predicted octanol–water partition coefficient (Wildman–Crippen LogP) is -0.00522. The third-order valence-corrected chi connectivity index (χ3v) is 0.948. The van der Waals surface area contributed by atoms with Gasteiger partial charge in [0.1, 0.15) is 5.40 Å². The van der Waals surface area contributed by atoms with Gasteiger partial charge < -0.3 is 4.55 Å². The van der Waals surface area contributed by atoms with Crippen molar-refractivity contribution in [1.29, 1.82) is 5.26 Å². The van der Waals surface area contributed by atoms with Crippen LogP contribution in [0.25, 0.3) is 0 Å². The Morgan fingerprint density at radius 1 is 2.00 bits per heavy atom. The van der Waals surface area contributed by atoms with E-state index in [1.54, 1.807) is 0 Å². The fourth-order valence-corrected chi connectivity index (χ4v) is 0.274. The smallest absolute Gasteiger partial charge is 0.146 e. The van der Waals surface area contributed by atoms with Crippen molar-refractivity contribution in [3.8, 4) is 5.40 Å². The summed E-state index contributed by atoms with van der Waals surface area (Å²) in [5, 5.41) is 8.93. The summed E-state index contributed by atoms with van der Waals surface area (Å²) in [5.41, 5.74) is 0. The molecular formula is CNO2S2-. The van der Waals surface area contributed by atoms with E-state index in [1.807, 2.05) is 0 Å². The fourth-order valence-electron chi connectivity index (χ4n) is 0.0304. The van der Waals surface area contributed by atoms with E-state index in [0.717, 1.165) is 0 Å². The van der Waals surface area contributed by atoms with Crippen LogP contribution in [0.5, 0.6) is 0 Å². The van der Waals surface area contributed by atoms with E-state index in [0.29, 0.717) is 0 Å². The van der Waals surface area contributed by atoms with Gasteiger partial charge in [-0.25, -0.2) is 0 Å². The van der Waals surface area contributed by atoms with E-state index in [-0.39, 0.29) is 10.8 Å². The topological polar surface area (TPSA) is 63.9 Å². The van der Waals surface area contributed by atoms with Gasteiger partial charge in [-0.05, 0) is 0 Å². The fraction of sp³-hybridized carbons (Fsp3) is 0. The number of thiocyanates is 1. The van der Waals surface area contributed by atoms with Crippen LogP contribution in [0.2, 0.25) is 0 Å². The third-order valence-electron chi connectivity index (χ3n) is 0.105. The minimum Gasteiger partial charge on any atom is -0.763 e. The zero-order valence-electron chi connectivity index (χ0n) is 2.58. The second-order valence-corrected chi connectivity index (χ2v) is 2.45. The Morgan fingerprint density at radius 3 is 2.50 bits per heavy atom. The predicted molar refractivity (Wildman–Crippen MR) is 22.1 cm³/mol. The van der Waals surface area contributed by atoms with Crippen LogP contribution in [0, 0.1) is 10.7 Å². The van der Waals surface area contributed by atoms with E-state index in [2.05, 4.69) is 0 Å². The van der Waals surface area contributed by atoms with Gasteiger partial charge >= 0.3 is 0 Å². The number of nitrogens with zero attached hydrogens (tertiary/aromatic N) is 1. The molecule has 0 aromatic heterocycles. The van der Waals surface area contributed by atoms with Gasteiger partial charge in [-0.3, -0.25) is 4.21 Å². The normalized spacial score (nSPS) is 12.7. The first-order chi connectivity index (χ1) is 2.77. The van der Waals surface area contributed by atoms with Crippen molar-refractivity contribution in [2.24, 2.45) is 0 Å². The van der Waals surface area contributed by atoms with E-state index >= 15 is 0 Å². The molecule has 0 saturated carbocycles. The molecule has 0 fully saturated rings. The summed E-state index contributed by atoms with van der Waals surface area (Å²) in [6.07, 6.45) is 0. The largest absolute Gasteiger partial charge is 0.763 e. The first kappa shape index (κ1) is 5.95. The average Bonchev–Trinajstić information content (AvgIpc) is 1.35. The van der Waals surface area contributed by atoms with Crippen LogP contribution in [0.4, 0.5) is 0 Å². The maximum absolute atomic E-state index is 9.34. The highest BCUT2D eigenvalue weighted by Gasteiger charge is 1.72. The van der Waals surface area contributed by atoms with Crippen molar-refractivity contribution in [1.82, 2.24) is 0 Å². The second kappa shape index (κ2) is 3.15. The van der Waals surface area contributed by atoms with Crippen molar-refractivity contribution < 1.29 is 8.76 Å². The summed E-state index contributed by atoms with van der Waals surface area (Å²) in [4.78, 5) is 0. The molecule has 0 spiro atoms. The van der Waals surface area contributed by atoms with Gasteiger partial charge in [0, 0.05) is 20.9 Å². The Balaban J connectivity index is 3.13. The summed E-state index contributed by atoms with van der Waals surface area (Å²) < 4.78 is 18.7. The van der Waals surface area contributed by atoms with Crippen molar-refractivity contribution in [2.45, 2.75) is 0 Å². The van der Waals surface area contributed by atoms with Gasteiger partial charge in [0.25, 0.3) is 0 Å². The minimum atomic E-state index is -2.26. The first-order valence-electron chi connectivity index (χ1n) is 0.928. The molecule has 0 amide bonds. The molecule has 0 N–H and O–H groups in total. The lowest BCUT2D eigenvalue weighted by atomic mass is 11.8. The van der Waals surface area contributed by atoms with Crippen molar-refractivity contribution in [2.75, 3.05) is 0 Å². The first-order valence-corrected chi connectivity index (χ1v) is 3.34. The van der Waals surface area contributed by atoms with E-state index in [4.69, 9.17) is 5.26 Å². The minimum absolute atomic E-state index is 0.208. The lowest BCUT2D eigenvalue weighted by Gasteiger charge is -1.89. The van der Waals surface area contributed by atoms with Gasteiger partial charge in [-0.15, -0.1) is 0 Å². The summed E-state index contributed by atoms with van der Waals surface area (Å²) >= 11 is 0. The SMILES string of the molecule is N#CSS(=O)[O-]. The molecule has 1 unspecified atom stereocenters. The highest BCUT2D eigenvalue weighted by atomic mass is 33.1. The molecular weight excluding hydrogens is 122 g/mol. The molecule has 0 aliphatic heterocycles. The Labute approximate surface area is 41.0 Å². The maximum atomic E-state index is 9.34. The molecule has 34 valence electrons. The molecule has 0 heterocycles. The Bertz CT molecular complexity index is 94.2. The van der Waals surface area contributed by atoms with Crippen molar-refractivity contribution in [3.63, 3.8) is 0 Å². The van der Waals surface area contributed by atoms with Gasteiger partial charge in [0.2, 0.25) is 0 Å². The molecule has 0 aliphatic rings. The van der Waals surface area contributed by atoms with Crippen LogP contribution < -0.4 is 0 Å². The van der Waals surface area contributed by atoms with Gasteiger partial charge in [0.15, 0.2) is 0 Å². The molecule has 0 saturated heterocycles. The number of hydrogen-bond donors (Lipinski definition) is 0. The van der Waals surface area contributed by atoms with E-state index < -0.39 is 10.1 Å². The molecule has 0 radical (unpaired) electrons. The summed E-state index contributed by atoms with van der Waals surface area (Å²) in [6.45, 7) is 0. The third kappa shape index (κ3) is 3.95. The monoisotopic (exact) mass is 122 g/mol. The molecule has 6 heavy (non-hydrogen) atoms. The van der Waals surface area contributed by atoms with E-state index in [1.165, 1.54) is 5.40 Å². The highest BCUT2D eigenvalue weighted by Crippen LogP contribution is 1.97. The number of rotatable bonds is 1. The van der Waals surface area contributed by atoms with Crippen LogP contribution in [-0.2, 0) is 10.1 Å². The van der Waals surface area contributed by atoms with Crippen LogP contribution in [-0.4, -0.2) is 8.76 Å². The summed E-state index contributed by atoms with van der Waals surface area (Å²) in [7, 11) is -2.05. The zero-order chi connectivity index (χ0) is 4.99. The summed E-state index contributed by atoms with van der Waals surface area (Å²) in [6, 6.07) is 0. The lowest BCUT2D eigenvalue weighted by molar-refractivity contribution is 0.553. The Hall–Kier alpha value is -0.0500. The maximum Gasteiger partial charge on any atom is 0.146 e. The number of nitriles is 1. The van der Waals surface area contributed by atoms with Crippen LogP contribution in [0.1, 0.15) is 0 Å². The van der Waals surface area contributed by atoms with E-state index in [9.17, 15) is 8.76 Å². The lowest BCUT2D eigenvalue weighted by Crippen LogP contribution is -1.70. The van der Waals surface area contributed by atoms with Gasteiger partial charge in [-0.2, -0.15) is 5.26 Å². The second-order valence-electron chi connectivity index (χ2n) is 0.379. The van der Waals surface area contributed by atoms with Crippen LogP contribution in [0.3, 0.4) is 0 Å². The zero-order valence-corrected chi connectivity index (χ0v) is 4.21. The molecule has 0 rings (SSSR count). The molecule has 5 heteroatoms. The standard InChI is InChI=1S/CHNO2S2/c2-1-5-6(3)4/h(H,3,4)/p-1. The molecule has 0 aliphatic carbocycles. The Kier molecular flexibility index (Phi) is 3.13. The van der Waals surface area contributed by atoms with Crippen molar-refractivity contribution in [3.05, 3.63) is 0 Å². The molecule has 1 atom stereocenters. The number of hydrogen-bond acceptors (Lipinski definition) is 4. The Morgan fingerprint density at radius 2 is 2.50 bits per heavy atom. The molecule has 3 nitrogen and oxygen atoms in total. The van der Waals surface area contributed by atoms with Gasteiger partial charge in [-0.1, -0.05) is 0 Å². The summed E-state index contributed by atoms with van der Waals surface area (Å²) in [5.74, 6) is 0. The van der Waals surface area contributed by atoms with Crippen molar-refractivity contribution >= 4 is 20.9 Å².